The van der Waals surface area contributed by atoms with Crippen LogP contribution in [0.4, 0.5) is 0 Å². The van der Waals surface area contributed by atoms with Crippen molar-refractivity contribution in [3.63, 3.8) is 0 Å². The van der Waals surface area contributed by atoms with Crippen molar-refractivity contribution in [1.29, 1.82) is 0 Å². The average molecular weight is 455 g/mol. The zero-order valence-corrected chi connectivity index (χ0v) is 19.6. The Labute approximate surface area is 195 Å². The lowest BCUT2D eigenvalue weighted by Gasteiger charge is -2.14. The Balaban J connectivity index is 3.86. The molecule has 0 heterocycles. The summed E-state index contributed by atoms with van der Waals surface area (Å²) in [6.07, 6.45) is 9.22. The van der Waals surface area contributed by atoms with Gasteiger partial charge in [0.15, 0.2) is 0 Å². The van der Waals surface area contributed by atoms with Crippen molar-refractivity contribution in [2.45, 2.75) is 65.7 Å². The smallest absolute Gasteiger partial charge is 0.335 e. The number of benzene rings is 1. The topological polar surface area (TPSA) is 112 Å². The molecule has 0 aliphatic rings. The van der Waals surface area contributed by atoms with Crippen molar-refractivity contribution in [3.05, 3.63) is 75.9 Å². The van der Waals surface area contributed by atoms with E-state index in [9.17, 15) is 29.7 Å². The van der Waals surface area contributed by atoms with E-state index in [1.54, 1.807) is 12.2 Å². The molecule has 0 spiro atoms. The standard InChI is InChI=1S/C27H34O6/c1-4-6-9-14-21(26(30)31)18-22(17-20-12-10-8-11-13-20)23(15-7-5-2)24(27(32)33)16-19(3)25(28)29/h8,10-13,16-18H,4-7,9,14-15H2,1-3H3,(H,28,29)(H,30,31)(H,32,33). The summed E-state index contributed by atoms with van der Waals surface area (Å²) >= 11 is 0. The van der Waals surface area contributed by atoms with Gasteiger partial charge in [0.25, 0.3) is 0 Å². The highest BCUT2D eigenvalue weighted by molar-refractivity contribution is 5.97. The average Bonchev–Trinajstić information content (AvgIpc) is 2.77. The van der Waals surface area contributed by atoms with Crippen LogP contribution in [-0.4, -0.2) is 33.2 Å². The van der Waals surface area contributed by atoms with Crippen LogP contribution in [0.5, 0.6) is 0 Å². The first-order valence-corrected chi connectivity index (χ1v) is 11.3. The SMILES string of the molecule is CCCCCC(=CC(=Cc1ccccc1)C(CCCC)=C(C=C(C)C(=O)O)C(=O)O)C(=O)O. The quantitative estimate of drug-likeness (QED) is 0.174. The summed E-state index contributed by atoms with van der Waals surface area (Å²) in [5.41, 5.74) is 1.63. The minimum absolute atomic E-state index is 0.106. The Kier molecular flexibility index (Phi) is 12.2. The first-order chi connectivity index (χ1) is 15.7. The normalized spacial score (nSPS) is 13.5. The van der Waals surface area contributed by atoms with Crippen LogP contribution in [0.15, 0.2) is 70.3 Å². The third kappa shape index (κ3) is 9.73. The predicted molar refractivity (Wildman–Crippen MR) is 130 cm³/mol. The number of aliphatic carboxylic acids is 3. The second-order valence-corrected chi connectivity index (χ2v) is 7.88. The van der Waals surface area contributed by atoms with Gasteiger partial charge in [-0.1, -0.05) is 63.4 Å². The first-order valence-electron chi connectivity index (χ1n) is 11.3. The van der Waals surface area contributed by atoms with E-state index in [4.69, 9.17) is 0 Å². The van der Waals surface area contributed by atoms with Gasteiger partial charge in [-0.2, -0.15) is 0 Å². The summed E-state index contributed by atoms with van der Waals surface area (Å²) in [6, 6.07) is 9.24. The molecule has 0 aromatic heterocycles. The summed E-state index contributed by atoms with van der Waals surface area (Å²) < 4.78 is 0. The fourth-order valence-corrected chi connectivity index (χ4v) is 3.28. The number of carboxylic acids is 3. The number of hydrogen-bond acceptors (Lipinski definition) is 3. The van der Waals surface area contributed by atoms with Gasteiger partial charge in [-0.05, 0) is 67.5 Å². The van der Waals surface area contributed by atoms with Crippen molar-refractivity contribution in [3.8, 4) is 0 Å². The van der Waals surface area contributed by atoms with Crippen molar-refractivity contribution in [1.82, 2.24) is 0 Å². The molecule has 0 aliphatic heterocycles. The number of allylic oxidation sites excluding steroid dienone is 3. The lowest BCUT2D eigenvalue weighted by Crippen LogP contribution is -2.08. The van der Waals surface area contributed by atoms with E-state index in [2.05, 4.69) is 0 Å². The number of unbranched alkanes of at least 4 members (excludes halogenated alkanes) is 3. The lowest BCUT2D eigenvalue weighted by molar-refractivity contribution is -0.133. The minimum atomic E-state index is -1.25. The molecule has 33 heavy (non-hydrogen) atoms. The molecular formula is C27H34O6. The molecule has 0 saturated carbocycles. The minimum Gasteiger partial charge on any atom is -0.478 e. The largest absolute Gasteiger partial charge is 0.478 e. The van der Waals surface area contributed by atoms with E-state index in [-0.39, 0.29) is 16.7 Å². The van der Waals surface area contributed by atoms with Crippen LogP contribution in [0, 0.1) is 0 Å². The van der Waals surface area contributed by atoms with Gasteiger partial charge in [-0.15, -0.1) is 0 Å². The maximum absolute atomic E-state index is 12.2. The summed E-state index contributed by atoms with van der Waals surface area (Å²) in [7, 11) is 0. The molecule has 0 amide bonds. The molecule has 0 unspecified atom stereocenters. The van der Waals surface area contributed by atoms with Crippen molar-refractivity contribution in [2.24, 2.45) is 0 Å². The van der Waals surface area contributed by atoms with Gasteiger partial charge in [0.2, 0.25) is 0 Å². The van der Waals surface area contributed by atoms with Gasteiger partial charge in [0.05, 0.1) is 5.57 Å². The third-order valence-electron chi connectivity index (χ3n) is 5.16. The Morgan fingerprint density at radius 2 is 1.42 bits per heavy atom. The highest BCUT2D eigenvalue weighted by atomic mass is 16.4. The van der Waals surface area contributed by atoms with Crippen LogP contribution in [-0.2, 0) is 14.4 Å². The number of rotatable bonds is 14. The number of carboxylic acid groups (broad SMARTS) is 3. The molecule has 6 heteroatoms. The van der Waals surface area contributed by atoms with E-state index in [0.717, 1.165) is 30.9 Å². The van der Waals surface area contributed by atoms with E-state index < -0.39 is 17.9 Å². The molecule has 1 aromatic carbocycles. The zero-order chi connectivity index (χ0) is 24.8. The van der Waals surface area contributed by atoms with Crippen LogP contribution in [0.25, 0.3) is 6.08 Å². The molecular weight excluding hydrogens is 420 g/mol. The van der Waals surface area contributed by atoms with Crippen molar-refractivity contribution >= 4 is 24.0 Å². The monoisotopic (exact) mass is 454 g/mol. The van der Waals surface area contributed by atoms with Crippen molar-refractivity contribution in [2.75, 3.05) is 0 Å². The molecule has 0 aliphatic carbocycles. The number of hydrogen-bond donors (Lipinski definition) is 3. The van der Waals surface area contributed by atoms with E-state index >= 15 is 0 Å². The van der Waals surface area contributed by atoms with Gasteiger partial charge >= 0.3 is 17.9 Å². The molecule has 6 nitrogen and oxygen atoms in total. The number of carbonyl (C=O) groups is 3. The fourth-order valence-electron chi connectivity index (χ4n) is 3.28. The Hall–Kier alpha value is -3.41. The molecule has 0 saturated heterocycles. The molecule has 0 bridgehead atoms. The zero-order valence-electron chi connectivity index (χ0n) is 19.6. The van der Waals surface area contributed by atoms with E-state index in [1.807, 2.05) is 44.2 Å². The van der Waals surface area contributed by atoms with Crippen LogP contribution in [0.2, 0.25) is 0 Å². The summed E-state index contributed by atoms with van der Waals surface area (Å²) in [4.78, 5) is 35.5. The summed E-state index contributed by atoms with van der Waals surface area (Å²) in [5, 5.41) is 29.0. The maximum atomic E-state index is 12.2. The van der Waals surface area contributed by atoms with Crippen LogP contribution >= 0.6 is 0 Å². The van der Waals surface area contributed by atoms with Crippen LogP contribution in [0.1, 0.15) is 71.3 Å². The third-order valence-corrected chi connectivity index (χ3v) is 5.16. The van der Waals surface area contributed by atoms with E-state index in [1.165, 1.54) is 6.92 Å². The molecule has 0 radical (unpaired) electrons. The second-order valence-electron chi connectivity index (χ2n) is 7.88. The van der Waals surface area contributed by atoms with Gasteiger partial charge < -0.3 is 15.3 Å². The van der Waals surface area contributed by atoms with Gasteiger partial charge in [-0.25, -0.2) is 14.4 Å². The highest BCUT2D eigenvalue weighted by Gasteiger charge is 2.18. The Bertz CT molecular complexity index is 948. The Morgan fingerprint density at radius 3 is 1.94 bits per heavy atom. The summed E-state index contributed by atoms with van der Waals surface area (Å²) in [5.74, 6) is -3.51. The maximum Gasteiger partial charge on any atom is 0.335 e. The Morgan fingerprint density at radius 1 is 0.788 bits per heavy atom. The van der Waals surface area contributed by atoms with Crippen LogP contribution in [0.3, 0.4) is 0 Å². The van der Waals surface area contributed by atoms with Crippen molar-refractivity contribution < 1.29 is 29.7 Å². The first kappa shape index (κ1) is 27.6. The molecule has 1 rings (SSSR count). The van der Waals surface area contributed by atoms with Gasteiger partial charge in [0, 0.05) is 11.1 Å². The second kappa shape index (κ2) is 14.6. The molecule has 178 valence electrons. The van der Waals surface area contributed by atoms with Gasteiger partial charge in [0.1, 0.15) is 0 Å². The highest BCUT2D eigenvalue weighted by Crippen LogP contribution is 2.28. The molecule has 0 fully saturated rings. The lowest BCUT2D eigenvalue weighted by atomic mass is 9.90. The fraction of sp³-hybridized carbons (Fsp3) is 0.370. The predicted octanol–water partition coefficient (Wildman–Crippen LogP) is 6.26. The van der Waals surface area contributed by atoms with E-state index in [0.29, 0.717) is 36.8 Å². The van der Waals surface area contributed by atoms with Gasteiger partial charge in [-0.3, -0.25) is 0 Å². The molecule has 0 atom stereocenters. The molecule has 1 aromatic rings. The molecule has 3 N–H and O–H groups in total. The summed E-state index contributed by atoms with van der Waals surface area (Å²) in [6.45, 7) is 5.35. The van der Waals surface area contributed by atoms with Crippen LogP contribution < -0.4 is 0 Å².